The number of amides is 1. The van der Waals surface area contributed by atoms with Gasteiger partial charge < -0.3 is 5.32 Å². The Morgan fingerprint density at radius 1 is 1.04 bits per heavy atom. The van der Waals surface area contributed by atoms with E-state index in [1.54, 1.807) is 24.3 Å². The zero-order chi connectivity index (χ0) is 16.9. The van der Waals surface area contributed by atoms with E-state index in [1.165, 1.54) is 0 Å². The Hall–Kier alpha value is -2.34. The second kappa shape index (κ2) is 7.28. The summed E-state index contributed by atoms with van der Waals surface area (Å²) in [5, 5.41) is 2.90. The Bertz CT molecular complexity index is 756. The van der Waals surface area contributed by atoms with Gasteiger partial charge in [-0.1, -0.05) is 42.5 Å². The Labute approximate surface area is 136 Å². The monoisotopic (exact) mass is 332 g/mol. The highest BCUT2D eigenvalue weighted by Crippen LogP contribution is 2.19. The Balaban J connectivity index is 1.96. The molecule has 0 radical (unpaired) electrons. The number of hydrogen-bond donors (Lipinski definition) is 2. The fourth-order valence-electron chi connectivity index (χ4n) is 2.14. The first-order chi connectivity index (χ1) is 10.8. The fraction of sp³-hybridized carbons (Fsp3) is 0.235. The Morgan fingerprint density at radius 3 is 2.22 bits per heavy atom. The van der Waals surface area contributed by atoms with E-state index >= 15 is 0 Å². The molecule has 122 valence electrons. The molecule has 2 aromatic carbocycles. The zero-order valence-electron chi connectivity index (χ0n) is 13.1. The Kier molecular flexibility index (Phi) is 5.39. The lowest BCUT2D eigenvalue weighted by molar-refractivity contribution is -0.122. The number of nitrogens with one attached hydrogen (secondary N) is 2. The van der Waals surface area contributed by atoms with Crippen molar-refractivity contribution in [2.75, 3.05) is 11.0 Å². The molecule has 0 spiro atoms. The van der Waals surface area contributed by atoms with Crippen LogP contribution in [0.5, 0.6) is 0 Å². The highest BCUT2D eigenvalue weighted by Gasteiger charge is 2.15. The molecule has 1 unspecified atom stereocenters. The van der Waals surface area contributed by atoms with E-state index < -0.39 is 10.0 Å². The topological polar surface area (TPSA) is 75.3 Å². The first kappa shape index (κ1) is 17.0. The van der Waals surface area contributed by atoms with Crippen LogP contribution in [0.2, 0.25) is 0 Å². The molecule has 1 atom stereocenters. The summed E-state index contributed by atoms with van der Waals surface area (Å²) >= 11 is 0. The summed E-state index contributed by atoms with van der Waals surface area (Å²) in [7, 11) is -3.30. The largest absolute Gasteiger partial charge is 0.352 e. The number of benzene rings is 2. The molecule has 0 heterocycles. The van der Waals surface area contributed by atoms with Gasteiger partial charge in [-0.2, -0.15) is 0 Å². The van der Waals surface area contributed by atoms with Gasteiger partial charge in [0.05, 0.1) is 12.2 Å². The maximum absolute atomic E-state index is 12.2. The van der Waals surface area contributed by atoms with E-state index in [4.69, 9.17) is 0 Å². The minimum Gasteiger partial charge on any atom is -0.352 e. The molecular formula is C17H20N2O3S. The molecular weight excluding hydrogens is 312 g/mol. The van der Waals surface area contributed by atoms with Gasteiger partial charge >= 0.3 is 0 Å². The van der Waals surface area contributed by atoms with Crippen LogP contribution in [0.3, 0.4) is 0 Å². The molecule has 0 fully saturated rings. The summed E-state index contributed by atoms with van der Waals surface area (Å²) in [6, 6.07) is 16.5. The second-order valence-electron chi connectivity index (χ2n) is 5.42. The third-order valence-corrected chi connectivity index (χ3v) is 4.02. The predicted octanol–water partition coefficient (Wildman–Crippen LogP) is 2.48. The molecule has 1 amide bonds. The SMILES string of the molecule is CC(C(=O)NCc1ccccc1)c1ccc(NS(C)(=O)=O)cc1. The molecule has 2 aromatic rings. The summed E-state index contributed by atoms with van der Waals surface area (Å²) < 4.78 is 24.7. The van der Waals surface area contributed by atoms with Gasteiger partial charge in [0.25, 0.3) is 0 Å². The highest BCUT2D eigenvalue weighted by atomic mass is 32.2. The minimum atomic E-state index is -3.30. The van der Waals surface area contributed by atoms with E-state index in [1.807, 2.05) is 37.3 Å². The average Bonchev–Trinajstić information content (AvgIpc) is 2.52. The van der Waals surface area contributed by atoms with Crippen molar-refractivity contribution in [3.63, 3.8) is 0 Å². The molecule has 0 bridgehead atoms. The highest BCUT2D eigenvalue weighted by molar-refractivity contribution is 7.92. The van der Waals surface area contributed by atoms with Crippen LogP contribution in [0.1, 0.15) is 24.0 Å². The smallest absolute Gasteiger partial charge is 0.229 e. The number of rotatable bonds is 6. The van der Waals surface area contributed by atoms with Crippen molar-refractivity contribution in [1.29, 1.82) is 0 Å². The normalized spacial score (nSPS) is 12.4. The number of hydrogen-bond acceptors (Lipinski definition) is 3. The lowest BCUT2D eigenvalue weighted by Gasteiger charge is -2.13. The number of carbonyl (C=O) groups excluding carboxylic acids is 1. The maximum Gasteiger partial charge on any atom is 0.229 e. The molecule has 23 heavy (non-hydrogen) atoms. The first-order valence-corrected chi connectivity index (χ1v) is 9.14. The summed E-state index contributed by atoms with van der Waals surface area (Å²) in [4.78, 5) is 12.2. The third-order valence-electron chi connectivity index (χ3n) is 3.42. The first-order valence-electron chi connectivity index (χ1n) is 7.24. The van der Waals surface area contributed by atoms with Crippen molar-refractivity contribution in [2.24, 2.45) is 0 Å². The summed E-state index contributed by atoms with van der Waals surface area (Å²) in [6.45, 7) is 2.30. The molecule has 2 rings (SSSR count). The standard InChI is InChI=1S/C17H20N2O3S/c1-13(17(20)18-12-14-6-4-3-5-7-14)15-8-10-16(11-9-15)19-23(2,21)22/h3-11,13,19H,12H2,1-2H3,(H,18,20). The average molecular weight is 332 g/mol. The molecule has 0 saturated carbocycles. The molecule has 0 aliphatic heterocycles. The molecule has 0 aliphatic rings. The van der Waals surface area contributed by atoms with Crippen LogP contribution in [-0.2, 0) is 21.4 Å². The zero-order valence-corrected chi connectivity index (χ0v) is 13.9. The van der Waals surface area contributed by atoms with Gasteiger partial charge in [-0.3, -0.25) is 9.52 Å². The Morgan fingerprint density at radius 2 is 1.65 bits per heavy atom. The molecule has 0 aliphatic carbocycles. The van der Waals surface area contributed by atoms with E-state index in [9.17, 15) is 13.2 Å². The molecule has 6 heteroatoms. The molecule has 2 N–H and O–H groups in total. The third kappa shape index (κ3) is 5.41. The molecule has 0 saturated heterocycles. The van der Waals surface area contributed by atoms with Crippen molar-refractivity contribution in [2.45, 2.75) is 19.4 Å². The van der Waals surface area contributed by atoms with Crippen molar-refractivity contribution < 1.29 is 13.2 Å². The van der Waals surface area contributed by atoms with Crippen molar-refractivity contribution >= 4 is 21.6 Å². The maximum atomic E-state index is 12.2. The van der Waals surface area contributed by atoms with Crippen LogP contribution in [0.15, 0.2) is 54.6 Å². The lowest BCUT2D eigenvalue weighted by Crippen LogP contribution is -2.27. The van der Waals surface area contributed by atoms with Crippen LogP contribution in [0, 0.1) is 0 Å². The summed E-state index contributed by atoms with van der Waals surface area (Å²) in [5.41, 5.74) is 2.35. The van der Waals surface area contributed by atoms with Crippen molar-refractivity contribution in [3.8, 4) is 0 Å². The quantitative estimate of drug-likeness (QED) is 0.853. The number of sulfonamides is 1. The van der Waals surface area contributed by atoms with Crippen LogP contribution < -0.4 is 10.0 Å². The predicted molar refractivity (Wildman–Crippen MR) is 91.6 cm³/mol. The van der Waals surface area contributed by atoms with Crippen molar-refractivity contribution in [1.82, 2.24) is 5.32 Å². The van der Waals surface area contributed by atoms with E-state index in [0.717, 1.165) is 17.4 Å². The van der Waals surface area contributed by atoms with E-state index in [-0.39, 0.29) is 11.8 Å². The van der Waals surface area contributed by atoms with Gasteiger partial charge in [-0.15, -0.1) is 0 Å². The van der Waals surface area contributed by atoms with Crippen molar-refractivity contribution in [3.05, 3.63) is 65.7 Å². The summed E-state index contributed by atoms with van der Waals surface area (Å²) in [5.74, 6) is -0.385. The lowest BCUT2D eigenvalue weighted by atomic mass is 10.00. The van der Waals surface area contributed by atoms with E-state index in [2.05, 4.69) is 10.0 Å². The van der Waals surface area contributed by atoms with Crippen LogP contribution in [0.4, 0.5) is 5.69 Å². The van der Waals surface area contributed by atoms with Gasteiger partial charge in [0.1, 0.15) is 0 Å². The molecule has 5 nitrogen and oxygen atoms in total. The second-order valence-corrected chi connectivity index (χ2v) is 7.17. The van der Waals surface area contributed by atoms with Crippen LogP contribution in [0.25, 0.3) is 0 Å². The van der Waals surface area contributed by atoms with Gasteiger partial charge in [0.2, 0.25) is 15.9 Å². The van der Waals surface area contributed by atoms with Crippen LogP contribution >= 0.6 is 0 Å². The van der Waals surface area contributed by atoms with Gasteiger partial charge in [0, 0.05) is 12.2 Å². The molecule has 0 aromatic heterocycles. The fourth-order valence-corrected chi connectivity index (χ4v) is 2.71. The number of carbonyl (C=O) groups is 1. The minimum absolute atomic E-state index is 0.0716. The van der Waals surface area contributed by atoms with E-state index in [0.29, 0.717) is 12.2 Å². The summed E-state index contributed by atoms with van der Waals surface area (Å²) in [6.07, 6.45) is 1.10. The van der Waals surface area contributed by atoms with Crippen LogP contribution in [-0.4, -0.2) is 20.6 Å². The van der Waals surface area contributed by atoms with Gasteiger partial charge in [-0.25, -0.2) is 8.42 Å². The van der Waals surface area contributed by atoms with Gasteiger partial charge in [-0.05, 0) is 30.2 Å². The number of anilines is 1. The van der Waals surface area contributed by atoms with Gasteiger partial charge in [0.15, 0.2) is 0 Å².